The highest BCUT2D eigenvalue weighted by molar-refractivity contribution is 7.39. The lowest BCUT2D eigenvalue weighted by atomic mass is 10.2. The van der Waals surface area contributed by atoms with Gasteiger partial charge in [-0.1, -0.05) is 32.3 Å². The molecular weight excluding hydrogens is 305 g/mol. The second-order valence-corrected chi connectivity index (χ2v) is 6.13. The van der Waals surface area contributed by atoms with Crippen molar-refractivity contribution in [2.75, 3.05) is 0 Å². The second kappa shape index (κ2) is 7.81. The van der Waals surface area contributed by atoms with Crippen molar-refractivity contribution in [2.24, 2.45) is 0 Å². The van der Waals surface area contributed by atoms with Crippen molar-refractivity contribution in [1.82, 2.24) is 0 Å². The summed E-state index contributed by atoms with van der Waals surface area (Å²) in [4.78, 5) is 0. The molecule has 0 aliphatic heterocycles. The average molecular weight is 323 g/mol. The third-order valence-electron chi connectivity index (χ3n) is 2.32. The summed E-state index contributed by atoms with van der Waals surface area (Å²) >= 11 is 0. The van der Waals surface area contributed by atoms with Crippen LogP contribution in [0.4, 0.5) is 13.2 Å². The Bertz CT molecular complexity index is 452. The van der Waals surface area contributed by atoms with E-state index in [0.717, 1.165) is 6.92 Å². The lowest BCUT2D eigenvalue weighted by Crippen LogP contribution is -2.46. The minimum Gasteiger partial charge on any atom is -0.484 e. The first-order chi connectivity index (χ1) is 9.18. The zero-order chi connectivity index (χ0) is 16.0. The molecule has 0 amide bonds. The summed E-state index contributed by atoms with van der Waals surface area (Å²) in [5.41, 5.74) is 0.388. The highest BCUT2D eigenvalue weighted by atomic mass is 31.1. The minimum absolute atomic E-state index is 0.153. The molecule has 0 heterocycles. The number of benzene rings is 1. The molecule has 0 saturated carbocycles. The Hall–Kier alpha value is -0.840. The monoisotopic (exact) mass is 323 g/mol. The molecule has 1 aromatic rings. The molecule has 0 N–H and O–H groups in total. The fourth-order valence-corrected chi connectivity index (χ4v) is 1.67. The molecule has 112 valence electrons. The SMILES string of the molecule is CC.CC(Oc1ccc(C#N)cc1)C(F)(F)C(F)(P)P. The maximum atomic E-state index is 13.6. The highest BCUT2D eigenvalue weighted by Crippen LogP contribution is 2.46. The van der Waals surface area contributed by atoms with Gasteiger partial charge in [0.15, 0.2) is 6.10 Å². The molecule has 1 rings (SSSR count). The number of nitriles is 1. The van der Waals surface area contributed by atoms with Crippen LogP contribution in [-0.4, -0.2) is 17.2 Å². The van der Waals surface area contributed by atoms with Gasteiger partial charge in [-0.3, -0.25) is 0 Å². The van der Waals surface area contributed by atoms with Gasteiger partial charge in [-0.2, -0.15) is 14.0 Å². The Morgan fingerprint density at radius 2 is 1.60 bits per heavy atom. The van der Waals surface area contributed by atoms with Gasteiger partial charge in [0.1, 0.15) is 5.75 Å². The standard InChI is InChI=1S/C11H12F3NOP2.C2H6/c1-7(10(12,13)11(14,17)18)16-9-4-2-8(6-15)3-5-9;1-2/h2-5,7H,17-18H2,1H3;1-2H3. The van der Waals surface area contributed by atoms with E-state index in [2.05, 4.69) is 0 Å². The van der Waals surface area contributed by atoms with E-state index in [1.807, 2.05) is 19.9 Å². The molecule has 0 saturated heterocycles. The first kappa shape index (κ1) is 19.2. The molecule has 2 nitrogen and oxygen atoms in total. The average Bonchev–Trinajstić information content (AvgIpc) is 2.40. The van der Waals surface area contributed by atoms with Crippen LogP contribution in [0.2, 0.25) is 0 Å². The molecule has 0 aromatic heterocycles. The van der Waals surface area contributed by atoms with Gasteiger partial charge in [0, 0.05) is 0 Å². The van der Waals surface area contributed by atoms with Gasteiger partial charge in [-0.25, -0.2) is 4.39 Å². The van der Waals surface area contributed by atoms with Crippen molar-refractivity contribution in [3.05, 3.63) is 29.8 Å². The molecule has 3 atom stereocenters. The van der Waals surface area contributed by atoms with Crippen LogP contribution in [0.25, 0.3) is 0 Å². The van der Waals surface area contributed by atoms with E-state index in [9.17, 15) is 13.2 Å². The normalized spacial score (nSPS) is 12.8. The van der Waals surface area contributed by atoms with Crippen molar-refractivity contribution < 1.29 is 17.9 Å². The van der Waals surface area contributed by atoms with Crippen LogP contribution in [0.1, 0.15) is 26.3 Å². The van der Waals surface area contributed by atoms with Gasteiger partial charge in [0.2, 0.25) is 5.15 Å². The van der Waals surface area contributed by atoms with E-state index in [1.165, 1.54) is 42.7 Å². The second-order valence-electron chi connectivity index (χ2n) is 3.79. The zero-order valence-electron chi connectivity index (χ0n) is 11.5. The van der Waals surface area contributed by atoms with Crippen molar-refractivity contribution in [3.63, 3.8) is 0 Å². The van der Waals surface area contributed by atoms with Gasteiger partial charge in [0.05, 0.1) is 11.6 Å². The summed E-state index contributed by atoms with van der Waals surface area (Å²) in [5.74, 6) is -3.53. The summed E-state index contributed by atoms with van der Waals surface area (Å²) in [5, 5.41) is 5.75. The molecule has 0 spiro atoms. The van der Waals surface area contributed by atoms with Crippen LogP contribution in [-0.2, 0) is 0 Å². The van der Waals surface area contributed by atoms with Crippen LogP contribution in [0.5, 0.6) is 5.75 Å². The number of hydrogen-bond donors (Lipinski definition) is 0. The summed E-state index contributed by atoms with van der Waals surface area (Å²) in [7, 11) is 2.87. The fraction of sp³-hybridized carbons (Fsp3) is 0.462. The molecule has 0 fully saturated rings. The summed E-state index contributed by atoms with van der Waals surface area (Å²) in [6.07, 6.45) is -1.65. The molecule has 0 aliphatic carbocycles. The maximum absolute atomic E-state index is 13.6. The topological polar surface area (TPSA) is 33.0 Å². The van der Waals surface area contributed by atoms with Crippen LogP contribution < -0.4 is 4.74 Å². The minimum atomic E-state index is -3.68. The van der Waals surface area contributed by atoms with Gasteiger partial charge < -0.3 is 4.74 Å². The van der Waals surface area contributed by atoms with E-state index >= 15 is 0 Å². The predicted octanol–water partition coefficient (Wildman–Crippen LogP) is 4.36. The quantitative estimate of drug-likeness (QED) is 0.771. The van der Waals surface area contributed by atoms with Crippen molar-refractivity contribution in [1.29, 1.82) is 5.26 Å². The van der Waals surface area contributed by atoms with Crippen LogP contribution in [0, 0.1) is 11.3 Å². The third kappa shape index (κ3) is 4.93. The first-order valence-electron chi connectivity index (χ1n) is 6.00. The largest absolute Gasteiger partial charge is 0.484 e. The number of halogens is 3. The fourth-order valence-electron chi connectivity index (χ4n) is 1.20. The molecule has 20 heavy (non-hydrogen) atoms. The molecule has 3 unspecified atom stereocenters. The number of hydrogen-bond acceptors (Lipinski definition) is 2. The van der Waals surface area contributed by atoms with E-state index in [0.29, 0.717) is 5.56 Å². The molecular formula is C13H18F3NOP2. The predicted molar refractivity (Wildman–Crippen MR) is 80.8 cm³/mol. The Morgan fingerprint density at radius 3 is 1.95 bits per heavy atom. The van der Waals surface area contributed by atoms with Crippen LogP contribution in [0.15, 0.2) is 24.3 Å². The summed E-state index contributed by atoms with van der Waals surface area (Å²) < 4.78 is 45.4. The Morgan fingerprint density at radius 1 is 1.15 bits per heavy atom. The molecule has 0 radical (unpaired) electrons. The van der Waals surface area contributed by atoms with E-state index in [1.54, 1.807) is 0 Å². The number of rotatable bonds is 4. The zero-order valence-corrected chi connectivity index (χ0v) is 13.8. The van der Waals surface area contributed by atoms with E-state index < -0.39 is 17.2 Å². The first-order valence-corrected chi connectivity index (χ1v) is 7.15. The molecule has 0 bridgehead atoms. The van der Waals surface area contributed by atoms with Crippen LogP contribution in [0.3, 0.4) is 0 Å². The third-order valence-corrected chi connectivity index (χ3v) is 3.09. The number of ether oxygens (including phenoxy) is 1. The van der Waals surface area contributed by atoms with Crippen molar-refractivity contribution in [2.45, 2.75) is 37.9 Å². The maximum Gasteiger partial charge on any atom is 0.323 e. The van der Waals surface area contributed by atoms with Gasteiger partial charge in [-0.15, -0.1) is 0 Å². The number of nitrogens with zero attached hydrogens (tertiary/aromatic N) is 1. The Balaban J connectivity index is 0.00000172. The van der Waals surface area contributed by atoms with Gasteiger partial charge in [0.25, 0.3) is 0 Å². The van der Waals surface area contributed by atoms with Crippen molar-refractivity contribution in [3.8, 4) is 11.8 Å². The van der Waals surface area contributed by atoms with Gasteiger partial charge in [-0.05, 0) is 31.2 Å². The summed E-state index contributed by atoms with van der Waals surface area (Å²) in [6.45, 7) is 5.08. The van der Waals surface area contributed by atoms with E-state index in [-0.39, 0.29) is 5.75 Å². The smallest absolute Gasteiger partial charge is 0.323 e. The van der Waals surface area contributed by atoms with Gasteiger partial charge >= 0.3 is 5.92 Å². The molecule has 1 aromatic carbocycles. The molecule has 7 heteroatoms. The lowest BCUT2D eigenvalue weighted by molar-refractivity contribution is -0.124. The Labute approximate surface area is 122 Å². The lowest BCUT2D eigenvalue weighted by Gasteiger charge is -2.31. The highest BCUT2D eigenvalue weighted by Gasteiger charge is 2.53. The van der Waals surface area contributed by atoms with E-state index in [4.69, 9.17) is 10.00 Å². The molecule has 0 aliphatic rings. The van der Waals surface area contributed by atoms with Crippen molar-refractivity contribution >= 4 is 18.5 Å². The van der Waals surface area contributed by atoms with Crippen LogP contribution >= 0.6 is 18.5 Å². The Kier molecular flexibility index (Phi) is 7.49. The number of alkyl halides is 3. The summed E-state index contributed by atoms with van der Waals surface area (Å²) in [6, 6.07) is 7.53.